The molecule has 0 unspecified atom stereocenters. The van der Waals surface area contributed by atoms with E-state index >= 15 is 0 Å². The van der Waals surface area contributed by atoms with Crippen molar-refractivity contribution in [1.29, 1.82) is 0 Å². The summed E-state index contributed by atoms with van der Waals surface area (Å²) in [5, 5.41) is 0. The largest absolute Gasteiger partial charge is 0.461 e. The number of furan rings is 1. The topological polar surface area (TPSA) is 13.1 Å². The second-order valence-electron chi connectivity index (χ2n) is 4.18. The van der Waals surface area contributed by atoms with Crippen LogP contribution in [0, 0.1) is 6.92 Å². The Morgan fingerprint density at radius 3 is 2.27 bits per heavy atom. The maximum atomic E-state index is 5.86. The van der Waals surface area contributed by atoms with Crippen molar-refractivity contribution in [2.45, 2.75) is 26.7 Å². The number of benzene rings is 1. The summed E-state index contributed by atoms with van der Waals surface area (Å²) in [7, 11) is 0. The van der Waals surface area contributed by atoms with Gasteiger partial charge in [0.25, 0.3) is 0 Å². The summed E-state index contributed by atoms with van der Waals surface area (Å²) in [5.74, 6) is 2.51. The Morgan fingerprint density at radius 1 is 1.07 bits per heavy atom. The zero-order valence-corrected chi connectivity index (χ0v) is 9.45. The molecule has 0 aliphatic heterocycles. The van der Waals surface area contributed by atoms with Gasteiger partial charge in [0.1, 0.15) is 11.5 Å². The number of aryl methyl sites for hydroxylation is 1. The predicted octanol–water partition coefficient (Wildman–Crippen LogP) is 4.38. The van der Waals surface area contributed by atoms with Gasteiger partial charge < -0.3 is 4.42 Å². The van der Waals surface area contributed by atoms with Crippen LogP contribution in [0.2, 0.25) is 0 Å². The lowest BCUT2D eigenvalue weighted by molar-refractivity contribution is 0.495. The summed E-state index contributed by atoms with van der Waals surface area (Å²) in [5.41, 5.74) is 2.39. The molecule has 1 heterocycles. The first-order valence-electron chi connectivity index (χ1n) is 5.34. The van der Waals surface area contributed by atoms with Crippen LogP contribution in [0.3, 0.4) is 0 Å². The normalized spacial score (nSPS) is 10.9. The molecule has 15 heavy (non-hydrogen) atoms. The highest BCUT2D eigenvalue weighted by Crippen LogP contribution is 2.29. The van der Waals surface area contributed by atoms with Crippen LogP contribution in [0.1, 0.15) is 31.1 Å². The minimum atomic E-state index is 0.447. The monoisotopic (exact) mass is 200 g/mol. The molecule has 1 heteroatoms. The SMILES string of the molecule is Cc1cc(-c2ccccc2)oc1C(C)C. The smallest absolute Gasteiger partial charge is 0.134 e. The molecule has 0 fully saturated rings. The van der Waals surface area contributed by atoms with Crippen LogP contribution in [-0.2, 0) is 0 Å². The van der Waals surface area contributed by atoms with E-state index in [0.717, 1.165) is 17.1 Å². The Morgan fingerprint density at radius 2 is 1.73 bits per heavy atom. The van der Waals surface area contributed by atoms with Gasteiger partial charge in [-0.2, -0.15) is 0 Å². The van der Waals surface area contributed by atoms with Crippen molar-refractivity contribution in [3.8, 4) is 11.3 Å². The van der Waals surface area contributed by atoms with E-state index in [9.17, 15) is 0 Å². The van der Waals surface area contributed by atoms with Crippen LogP contribution < -0.4 is 0 Å². The van der Waals surface area contributed by atoms with E-state index in [0.29, 0.717) is 5.92 Å². The molecule has 0 radical (unpaired) electrons. The summed E-state index contributed by atoms with van der Waals surface area (Å²) >= 11 is 0. The Bertz CT molecular complexity index is 438. The van der Waals surface area contributed by atoms with Crippen molar-refractivity contribution in [3.63, 3.8) is 0 Å². The van der Waals surface area contributed by atoms with Gasteiger partial charge in [-0.05, 0) is 18.6 Å². The first-order valence-corrected chi connectivity index (χ1v) is 5.34. The molecule has 2 aromatic rings. The molecule has 0 atom stereocenters. The minimum Gasteiger partial charge on any atom is -0.461 e. The van der Waals surface area contributed by atoms with Crippen molar-refractivity contribution in [2.75, 3.05) is 0 Å². The van der Waals surface area contributed by atoms with E-state index < -0.39 is 0 Å². The van der Waals surface area contributed by atoms with Gasteiger partial charge in [0.15, 0.2) is 0 Å². The lowest BCUT2D eigenvalue weighted by Crippen LogP contribution is -1.84. The second kappa shape index (κ2) is 3.93. The van der Waals surface area contributed by atoms with E-state index in [1.54, 1.807) is 0 Å². The molecule has 1 aromatic heterocycles. The molecule has 1 nitrogen and oxygen atoms in total. The highest BCUT2D eigenvalue weighted by molar-refractivity contribution is 5.58. The minimum absolute atomic E-state index is 0.447. The Balaban J connectivity index is 2.43. The summed E-state index contributed by atoms with van der Waals surface area (Å²) in [6, 6.07) is 12.3. The molecule has 0 aliphatic rings. The lowest BCUT2D eigenvalue weighted by atomic mass is 10.1. The fraction of sp³-hybridized carbons (Fsp3) is 0.286. The molecule has 0 N–H and O–H groups in total. The fourth-order valence-electron chi connectivity index (χ4n) is 1.81. The van der Waals surface area contributed by atoms with Gasteiger partial charge in [0.05, 0.1) is 0 Å². The number of hydrogen-bond acceptors (Lipinski definition) is 1. The van der Waals surface area contributed by atoms with Crippen LogP contribution in [-0.4, -0.2) is 0 Å². The quantitative estimate of drug-likeness (QED) is 0.701. The maximum absolute atomic E-state index is 5.86. The van der Waals surface area contributed by atoms with Gasteiger partial charge in [-0.3, -0.25) is 0 Å². The van der Waals surface area contributed by atoms with Gasteiger partial charge in [0, 0.05) is 11.5 Å². The molecule has 1 aromatic carbocycles. The molecule has 78 valence electrons. The maximum Gasteiger partial charge on any atom is 0.134 e. The standard InChI is InChI=1S/C14H16O/c1-10(2)14-11(3)9-13(15-14)12-7-5-4-6-8-12/h4-10H,1-3H3. The van der Waals surface area contributed by atoms with Gasteiger partial charge in [-0.25, -0.2) is 0 Å². The Kier molecular flexibility index (Phi) is 2.63. The highest BCUT2D eigenvalue weighted by atomic mass is 16.3. The summed E-state index contributed by atoms with van der Waals surface area (Å²) < 4.78 is 5.86. The molecule has 0 saturated carbocycles. The number of rotatable bonds is 2. The van der Waals surface area contributed by atoms with Crippen LogP contribution >= 0.6 is 0 Å². The molecule has 0 saturated heterocycles. The average molecular weight is 200 g/mol. The molecule has 0 amide bonds. The zero-order valence-electron chi connectivity index (χ0n) is 9.45. The first kappa shape index (κ1) is 10.0. The zero-order chi connectivity index (χ0) is 10.8. The molecule has 2 rings (SSSR count). The Labute approximate surface area is 90.7 Å². The van der Waals surface area contributed by atoms with Gasteiger partial charge in [0.2, 0.25) is 0 Å². The predicted molar refractivity (Wildman–Crippen MR) is 63.0 cm³/mol. The van der Waals surface area contributed by atoms with Crippen molar-refractivity contribution < 1.29 is 4.42 Å². The van der Waals surface area contributed by atoms with Crippen molar-refractivity contribution in [2.24, 2.45) is 0 Å². The van der Waals surface area contributed by atoms with Crippen LogP contribution in [0.5, 0.6) is 0 Å². The molecular formula is C14H16O. The summed E-state index contributed by atoms with van der Waals surface area (Å²) in [6.45, 7) is 6.41. The molecular weight excluding hydrogens is 184 g/mol. The third kappa shape index (κ3) is 1.96. The Hall–Kier alpha value is -1.50. The van der Waals surface area contributed by atoms with Crippen molar-refractivity contribution in [1.82, 2.24) is 0 Å². The van der Waals surface area contributed by atoms with E-state index in [4.69, 9.17) is 4.42 Å². The highest BCUT2D eigenvalue weighted by Gasteiger charge is 2.11. The van der Waals surface area contributed by atoms with E-state index in [1.165, 1.54) is 5.56 Å². The average Bonchev–Trinajstić information content (AvgIpc) is 2.62. The van der Waals surface area contributed by atoms with Gasteiger partial charge in [-0.15, -0.1) is 0 Å². The molecule has 0 bridgehead atoms. The van der Waals surface area contributed by atoms with Crippen molar-refractivity contribution >= 4 is 0 Å². The van der Waals surface area contributed by atoms with Crippen LogP contribution in [0.15, 0.2) is 40.8 Å². The second-order valence-corrected chi connectivity index (χ2v) is 4.18. The molecule has 0 spiro atoms. The summed E-state index contributed by atoms with van der Waals surface area (Å²) in [6.07, 6.45) is 0. The van der Waals surface area contributed by atoms with E-state index in [2.05, 4.69) is 39.0 Å². The third-order valence-electron chi connectivity index (χ3n) is 2.54. The van der Waals surface area contributed by atoms with E-state index in [-0.39, 0.29) is 0 Å². The van der Waals surface area contributed by atoms with Crippen LogP contribution in [0.25, 0.3) is 11.3 Å². The lowest BCUT2D eigenvalue weighted by Gasteiger charge is -2.01. The van der Waals surface area contributed by atoms with E-state index in [1.807, 2.05) is 18.2 Å². The first-order chi connectivity index (χ1) is 7.18. The summed E-state index contributed by atoms with van der Waals surface area (Å²) in [4.78, 5) is 0. The molecule has 0 aliphatic carbocycles. The van der Waals surface area contributed by atoms with Gasteiger partial charge >= 0.3 is 0 Å². The number of hydrogen-bond donors (Lipinski definition) is 0. The van der Waals surface area contributed by atoms with Crippen molar-refractivity contribution in [3.05, 3.63) is 47.7 Å². The third-order valence-corrected chi connectivity index (χ3v) is 2.54. The fourth-order valence-corrected chi connectivity index (χ4v) is 1.81. The van der Waals surface area contributed by atoms with Crippen LogP contribution in [0.4, 0.5) is 0 Å². The van der Waals surface area contributed by atoms with Gasteiger partial charge in [-0.1, -0.05) is 44.2 Å².